The monoisotopic (exact) mass is 487 g/mol. The number of nitrogens with one attached hydrogen (secondary N) is 2. The molecule has 8 heteroatoms. The fourth-order valence-electron chi connectivity index (χ4n) is 4.96. The molecular weight excluding hydrogens is 454 g/mol. The van der Waals surface area contributed by atoms with Crippen LogP contribution < -0.4 is 10.8 Å². The zero-order valence-electron chi connectivity index (χ0n) is 20.9. The van der Waals surface area contributed by atoms with Crippen LogP contribution in [0.15, 0.2) is 59.9 Å². The average molecular weight is 488 g/mol. The van der Waals surface area contributed by atoms with Crippen molar-refractivity contribution in [2.24, 2.45) is 5.41 Å². The fourth-order valence-corrected chi connectivity index (χ4v) is 4.96. The van der Waals surface area contributed by atoms with Gasteiger partial charge in [0.2, 0.25) is 11.8 Å². The Balaban J connectivity index is 1.14. The molecular formula is C28H33N5O3. The van der Waals surface area contributed by atoms with Crippen molar-refractivity contribution < 1.29 is 14.4 Å². The van der Waals surface area contributed by atoms with Crippen LogP contribution in [0, 0.1) is 5.41 Å². The number of amides is 2. The molecule has 1 aromatic carbocycles. The smallest absolute Gasteiger partial charge is 0.247 e. The molecule has 36 heavy (non-hydrogen) atoms. The van der Waals surface area contributed by atoms with E-state index in [1.165, 1.54) is 0 Å². The van der Waals surface area contributed by atoms with Gasteiger partial charge in [0.1, 0.15) is 5.82 Å². The quantitative estimate of drug-likeness (QED) is 0.481. The lowest BCUT2D eigenvalue weighted by Gasteiger charge is -2.42. The number of carbonyl (C=O) groups excluding carboxylic acids is 2. The van der Waals surface area contributed by atoms with Crippen LogP contribution in [0.25, 0.3) is 6.08 Å². The summed E-state index contributed by atoms with van der Waals surface area (Å²) in [5.74, 6) is 0.698. The van der Waals surface area contributed by atoms with E-state index in [-0.39, 0.29) is 17.2 Å². The molecule has 2 N–H and O–H groups in total. The second-order valence-electron chi connectivity index (χ2n) is 10.1. The maximum Gasteiger partial charge on any atom is 0.247 e. The summed E-state index contributed by atoms with van der Waals surface area (Å²) >= 11 is 0. The molecule has 0 unspecified atom stereocenters. The van der Waals surface area contributed by atoms with E-state index in [1.54, 1.807) is 17.2 Å². The van der Waals surface area contributed by atoms with Crippen LogP contribution >= 0.6 is 0 Å². The van der Waals surface area contributed by atoms with Crippen molar-refractivity contribution in [2.45, 2.75) is 32.8 Å². The van der Waals surface area contributed by atoms with Gasteiger partial charge in [0.15, 0.2) is 0 Å². The Labute approximate surface area is 212 Å². The number of benzene rings is 1. The number of fused-ring (bicyclic) bond motifs is 1. The van der Waals surface area contributed by atoms with E-state index in [1.807, 2.05) is 49.4 Å². The van der Waals surface area contributed by atoms with Gasteiger partial charge in [0, 0.05) is 31.1 Å². The number of carbonyl (C=O) groups is 2. The number of anilines is 1. The Morgan fingerprint density at radius 2 is 1.97 bits per heavy atom. The normalized spacial score (nSPS) is 19.1. The first kappa shape index (κ1) is 24.2. The molecule has 0 bridgehead atoms. The van der Waals surface area contributed by atoms with Crippen LogP contribution in [-0.4, -0.2) is 59.8 Å². The predicted molar refractivity (Wildman–Crippen MR) is 138 cm³/mol. The second-order valence-corrected chi connectivity index (χ2v) is 10.1. The molecule has 2 fully saturated rings. The van der Waals surface area contributed by atoms with Gasteiger partial charge in [-0.25, -0.2) is 4.98 Å². The van der Waals surface area contributed by atoms with E-state index in [0.29, 0.717) is 31.9 Å². The lowest BCUT2D eigenvalue weighted by molar-refractivity contribution is -0.129. The van der Waals surface area contributed by atoms with Gasteiger partial charge in [-0.1, -0.05) is 30.3 Å². The van der Waals surface area contributed by atoms with E-state index in [9.17, 15) is 9.59 Å². The lowest BCUT2D eigenvalue weighted by atomic mass is 9.71. The molecule has 2 saturated heterocycles. The fraction of sp³-hybridized carbons (Fsp3) is 0.393. The van der Waals surface area contributed by atoms with E-state index in [2.05, 4.69) is 27.7 Å². The highest BCUT2D eigenvalue weighted by Crippen LogP contribution is 2.40. The largest absolute Gasteiger partial charge is 0.331 e. The van der Waals surface area contributed by atoms with Crippen LogP contribution in [-0.2, 0) is 27.5 Å². The number of rotatable bonds is 6. The Hall–Kier alpha value is -3.49. The Morgan fingerprint density at radius 1 is 1.22 bits per heavy atom. The summed E-state index contributed by atoms with van der Waals surface area (Å²) in [5.41, 5.74) is 7.74. The Kier molecular flexibility index (Phi) is 6.89. The number of piperidine rings is 1. The highest BCUT2D eigenvalue weighted by molar-refractivity contribution is 5.98. The molecule has 0 aliphatic carbocycles. The number of hydrogen-bond donors (Lipinski definition) is 2. The van der Waals surface area contributed by atoms with Gasteiger partial charge in [-0.15, -0.1) is 0 Å². The van der Waals surface area contributed by atoms with Crippen molar-refractivity contribution in [3.05, 3.63) is 76.6 Å². The summed E-state index contributed by atoms with van der Waals surface area (Å²) in [4.78, 5) is 39.5. The van der Waals surface area contributed by atoms with Crippen LogP contribution in [0.1, 0.15) is 36.5 Å². The van der Waals surface area contributed by atoms with Crippen molar-refractivity contribution in [1.29, 1.82) is 0 Å². The third-order valence-corrected chi connectivity index (χ3v) is 7.51. The first-order chi connectivity index (χ1) is 17.4. The zero-order valence-corrected chi connectivity index (χ0v) is 20.9. The highest BCUT2D eigenvalue weighted by atomic mass is 16.6. The molecule has 2 aromatic rings. The molecule has 1 aromatic heterocycles. The molecule has 3 aliphatic rings. The number of hydrogen-bond acceptors (Lipinski definition) is 6. The van der Waals surface area contributed by atoms with Crippen molar-refractivity contribution in [1.82, 2.24) is 20.3 Å². The maximum atomic E-state index is 12.8. The summed E-state index contributed by atoms with van der Waals surface area (Å²) in [6.07, 6.45) is 7.51. The molecule has 1 spiro atoms. The molecule has 2 amide bonds. The van der Waals surface area contributed by atoms with E-state index < -0.39 is 0 Å². The summed E-state index contributed by atoms with van der Waals surface area (Å²) < 4.78 is 0. The number of allylic oxidation sites excluding steroid dienone is 1. The number of likely N-dealkylation sites (tertiary alicyclic amines) is 2. The van der Waals surface area contributed by atoms with E-state index >= 15 is 0 Å². The van der Waals surface area contributed by atoms with E-state index in [0.717, 1.165) is 53.9 Å². The maximum absolute atomic E-state index is 12.8. The van der Waals surface area contributed by atoms with Gasteiger partial charge in [0.25, 0.3) is 0 Å². The Bertz CT molecular complexity index is 1190. The first-order valence-corrected chi connectivity index (χ1v) is 12.5. The van der Waals surface area contributed by atoms with Crippen molar-refractivity contribution in [2.75, 3.05) is 38.5 Å². The molecule has 8 nitrogen and oxygen atoms in total. The predicted octanol–water partition coefficient (Wildman–Crippen LogP) is 3.14. The summed E-state index contributed by atoms with van der Waals surface area (Å²) in [6, 6.07) is 12.0. The van der Waals surface area contributed by atoms with Crippen LogP contribution in [0.2, 0.25) is 0 Å². The lowest BCUT2D eigenvalue weighted by Crippen LogP contribution is -2.49. The number of nitrogens with zero attached hydrogens (tertiary/aromatic N) is 3. The Morgan fingerprint density at radius 3 is 2.72 bits per heavy atom. The van der Waals surface area contributed by atoms with Gasteiger partial charge in [-0.3, -0.25) is 19.9 Å². The molecule has 3 aliphatic heterocycles. The third kappa shape index (κ3) is 5.20. The summed E-state index contributed by atoms with van der Waals surface area (Å²) in [5, 5.41) is 3.01. The van der Waals surface area contributed by atoms with Crippen molar-refractivity contribution in [3.8, 4) is 0 Å². The minimum Gasteiger partial charge on any atom is -0.331 e. The van der Waals surface area contributed by atoms with Gasteiger partial charge < -0.3 is 15.1 Å². The second kappa shape index (κ2) is 10.2. The van der Waals surface area contributed by atoms with Crippen LogP contribution in [0.4, 0.5) is 5.82 Å². The summed E-state index contributed by atoms with van der Waals surface area (Å²) in [6.45, 7) is 5.46. The van der Waals surface area contributed by atoms with Gasteiger partial charge in [0.05, 0.1) is 12.0 Å². The van der Waals surface area contributed by atoms with Gasteiger partial charge in [-0.05, 0) is 80.7 Å². The van der Waals surface area contributed by atoms with Gasteiger partial charge >= 0.3 is 0 Å². The van der Waals surface area contributed by atoms with Crippen LogP contribution in [0.5, 0.6) is 0 Å². The van der Waals surface area contributed by atoms with Gasteiger partial charge in [-0.2, -0.15) is 0 Å². The topological polar surface area (TPSA) is 86.8 Å². The molecule has 188 valence electrons. The third-order valence-electron chi connectivity index (χ3n) is 7.51. The summed E-state index contributed by atoms with van der Waals surface area (Å²) in [7, 11) is 2.09. The minimum absolute atomic E-state index is 0.0328. The molecule has 0 saturated carbocycles. The molecule has 4 heterocycles. The molecule has 5 rings (SSSR count). The number of hydroxylamine groups is 1. The number of pyridine rings is 1. The van der Waals surface area contributed by atoms with Crippen molar-refractivity contribution >= 4 is 23.7 Å². The minimum atomic E-state index is -0.351. The zero-order chi connectivity index (χ0) is 25.1. The standard InChI is InChI=1S/C28H33N5O3/c1-20(31-36-19-21-6-4-3-5-7-21)24-17-33(18-24)25(34)9-8-22-14-23-15-28(10-12-32(2)13-11-28)27(35)30-26(23)29-16-22/h3-9,14,16,31H,10-13,15,17-19H2,1-2H3,(H,29,30,35). The first-order valence-electron chi connectivity index (χ1n) is 12.5. The average Bonchev–Trinajstić information content (AvgIpc) is 2.85. The van der Waals surface area contributed by atoms with E-state index in [4.69, 9.17) is 4.84 Å². The van der Waals surface area contributed by atoms with Crippen molar-refractivity contribution in [3.63, 3.8) is 0 Å². The SMILES string of the molecule is CC(NOCc1ccccc1)=C1CN(C(=O)C=Cc2cnc3c(c2)CC2(CCN(C)CC2)C(=O)N3)C1. The molecule has 0 atom stereocenters. The molecule has 0 radical (unpaired) electrons. The highest BCUT2D eigenvalue weighted by Gasteiger charge is 2.44. The van der Waals surface area contributed by atoms with Crippen LogP contribution in [0.3, 0.4) is 0 Å². The number of aromatic nitrogens is 1.